The van der Waals surface area contributed by atoms with Crippen LogP contribution in [0.5, 0.6) is 17.2 Å². The van der Waals surface area contributed by atoms with Gasteiger partial charge >= 0.3 is 12.1 Å². The zero-order valence-electron chi connectivity index (χ0n) is 19.2. The Morgan fingerprint density at radius 2 is 1.79 bits per heavy atom. The fourth-order valence-corrected chi connectivity index (χ4v) is 3.17. The number of amides is 1. The van der Waals surface area contributed by atoms with Crippen molar-refractivity contribution in [3.63, 3.8) is 0 Å². The fourth-order valence-electron chi connectivity index (χ4n) is 3.17. The second-order valence-corrected chi connectivity index (χ2v) is 7.29. The first kappa shape index (κ1) is 26.8. The first-order chi connectivity index (χ1) is 16.1. The standard InChI is InChI=1S/C24H28F3NO6/c1-4-33-23(30)14-19(17-6-5-7-18(13-17)31-2)28-22(29)11-9-16-8-10-20(21(12-16)32-3)34-15-24(25,26)27/h5-8,10,12-13,19H,4,9,11,14-15H2,1-3H3,(H,28,29). The smallest absolute Gasteiger partial charge is 0.422 e. The molecule has 0 heterocycles. The average Bonchev–Trinajstić information content (AvgIpc) is 2.80. The van der Waals surface area contributed by atoms with E-state index < -0.39 is 24.8 Å². The highest BCUT2D eigenvalue weighted by molar-refractivity contribution is 5.78. The third kappa shape index (κ3) is 8.84. The molecule has 2 aromatic carbocycles. The van der Waals surface area contributed by atoms with Gasteiger partial charge < -0.3 is 24.3 Å². The number of aryl methyl sites for hydroxylation is 1. The molecule has 0 aliphatic heterocycles. The Hall–Kier alpha value is -3.43. The van der Waals surface area contributed by atoms with Crippen LogP contribution in [-0.2, 0) is 20.7 Å². The Morgan fingerprint density at radius 1 is 1.03 bits per heavy atom. The summed E-state index contributed by atoms with van der Waals surface area (Å²) in [6, 6.07) is 10.9. The summed E-state index contributed by atoms with van der Waals surface area (Å²) in [4.78, 5) is 24.7. The zero-order chi connectivity index (χ0) is 25.1. The Kier molecular flexibility index (Phi) is 10.0. The highest BCUT2D eigenvalue weighted by atomic mass is 19.4. The lowest BCUT2D eigenvalue weighted by Gasteiger charge is -2.19. The van der Waals surface area contributed by atoms with Crippen molar-refractivity contribution in [2.24, 2.45) is 0 Å². The van der Waals surface area contributed by atoms with Gasteiger partial charge in [-0.2, -0.15) is 13.2 Å². The summed E-state index contributed by atoms with van der Waals surface area (Å²) in [6.07, 6.45) is -4.14. The summed E-state index contributed by atoms with van der Waals surface area (Å²) >= 11 is 0. The van der Waals surface area contributed by atoms with Crippen molar-refractivity contribution in [1.82, 2.24) is 5.32 Å². The normalized spacial score (nSPS) is 11.9. The second kappa shape index (κ2) is 12.7. The van der Waals surface area contributed by atoms with E-state index in [4.69, 9.17) is 18.9 Å². The highest BCUT2D eigenvalue weighted by Crippen LogP contribution is 2.30. The molecule has 186 valence electrons. The van der Waals surface area contributed by atoms with Gasteiger partial charge in [-0.05, 0) is 48.7 Å². The third-order valence-corrected chi connectivity index (χ3v) is 4.77. The Bertz CT molecular complexity index is 964. The molecule has 0 bridgehead atoms. The van der Waals surface area contributed by atoms with Gasteiger partial charge in [0.25, 0.3) is 0 Å². The summed E-state index contributed by atoms with van der Waals surface area (Å²) in [5.41, 5.74) is 1.36. The number of rotatable bonds is 12. The van der Waals surface area contributed by atoms with Gasteiger partial charge in [-0.25, -0.2) is 0 Å². The molecule has 0 aliphatic rings. The summed E-state index contributed by atoms with van der Waals surface area (Å²) in [5.74, 6) is -0.0805. The van der Waals surface area contributed by atoms with E-state index in [1.54, 1.807) is 37.3 Å². The fraction of sp³-hybridized carbons (Fsp3) is 0.417. The largest absolute Gasteiger partial charge is 0.497 e. The van der Waals surface area contributed by atoms with Gasteiger partial charge in [0.05, 0.1) is 33.3 Å². The van der Waals surface area contributed by atoms with Gasteiger partial charge in [0, 0.05) is 6.42 Å². The van der Waals surface area contributed by atoms with Crippen molar-refractivity contribution in [1.29, 1.82) is 0 Å². The first-order valence-electron chi connectivity index (χ1n) is 10.6. The molecular formula is C24H28F3NO6. The zero-order valence-corrected chi connectivity index (χ0v) is 19.2. The van der Waals surface area contributed by atoms with E-state index in [2.05, 4.69) is 5.32 Å². The Morgan fingerprint density at radius 3 is 2.44 bits per heavy atom. The van der Waals surface area contributed by atoms with Crippen LogP contribution in [0.3, 0.4) is 0 Å². The number of methoxy groups -OCH3 is 2. The molecule has 0 aromatic heterocycles. The Labute approximate surface area is 196 Å². The Balaban J connectivity index is 2.05. The lowest BCUT2D eigenvalue weighted by molar-refractivity contribution is -0.153. The van der Waals surface area contributed by atoms with Crippen molar-refractivity contribution in [3.8, 4) is 17.2 Å². The van der Waals surface area contributed by atoms with Crippen LogP contribution < -0.4 is 19.5 Å². The van der Waals surface area contributed by atoms with Gasteiger partial charge in [0.1, 0.15) is 5.75 Å². The molecule has 34 heavy (non-hydrogen) atoms. The number of ether oxygens (including phenoxy) is 4. The molecule has 1 N–H and O–H groups in total. The number of benzene rings is 2. The van der Waals surface area contributed by atoms with Gasteiger partial charge in [-0.15, -0.1) is 0 Å². The van der Waals surface area contributed by atoms with Crippen molar-refractivity contribution >= 4 is 11.9 Å². The predicted octanol–water partition coefficient (Wildman–Crippen LogP) is 4.39. The summed E-state index contributed by atoms with van der Waals surface area (Å²) in [7, 11) is 2.84. The first-order valence-corrected chi connectivity index (χ1v) is 10.6. The second-order valence-electron chi connectivity index (χ2n) is 7.29. The topological polar surface area (TPSA) is 83.1 Å². The molecule has 0 radical (unpaired) electrons. The van der Waals surface area contributed by atoms with E-state index in [0.29, 0.717) is 23.3 Å². The van der Waals surface area contributed by atoms with Crippen LogP contribution in [-0.4, -0.2) is 45.5 Å². The minimum atomic E-state index is -4.47. The van der Waals surface area contributed by atoms with E-state index in [1.807, 2.05) is 0 Å². The number of hydrogen-bond donors (Lipinski definition) is 1. The van der Waals surface area contributed by atoms with Gasteiger partial charge in [-0.3, -0.25) is 9.59 Å². The molecule has 0 saturated carbocycles. The maximum absolute atomic E-state index is 12.7. The van der Waals surface area contributed by atoms with Crippen molar-refractivity contribution < 1.29 is 41.7 Å². The molecule has 0 spiro atoms. The summed E-state index contributed by atoms with van der Waals surface area (Å²) in [6.45, 7) is 0.490. The van der Waals surface area contributed by atoms with Crippen molar-refractivity contribution in [2.45, 2.75) is 38.4 Å². The van der Waals surface area contributed by atoms with E-state index in [1.165, 1.54) is 26.4 Å². The molecular weight excluding hydrogens is 455 g/mol. The molecule has 0 aliphatic carbocycles. The predicted molar refractivity (Wildman–Crippen MR) is 118 cm³/mol. The molecule has 1 amide bonds. The number of nitrogens with one attached hydrogen (secondary N) is 1. The van der Waals surface area contributed by atoms with Crippen LogP contribution in [0, 0.1) is 0 Å². The van der Waals surface area contributed by atoms with Crippen LogP contribution in [0.1, 0.15) is 36.9 Å². The average molecular weight is 483 g/mol. The minimum absolute atomic E-state index is 0.0412. The number of alkyl halides is 3. The van der Waals surface area contributed by atoms with Crippen LogP contribution in [0.15, 0.2) is 42.5 Å². The summed E-state index contributed by atoms with van der Waals surface area (Å²) < 4.78 is 57.4. The van der Waals surface area contributed by atoms with Crippen LogP contribution in [0.2, 0.25) is 0 Å². The van der Waals surface area contributed by atoms with Crippen molar-refractivity contribution in [2.75, 3.05) is 27.4 Å². The SMILES string of the molecule is CCOC(=O)CC(NC(=O)CCc1ccc(OCC(F)(F)F)c(OC)c1)c1cccc(OC)c1. The van der Waals surface area contributed by atoms with Gasteiger partial charge in [0.2, 0.25) is 5.91 Å². The third-order valence-electron chi connectivity index (χ3n) is 4.77. The molecule has 7 nitrogen and oxygen atoms in total. The maximum Gasteiger partial charge on any atom is 0.422 e. The molecule has 1 atom stereocenters. The summed E-state index contributed by atoms with van der Waals surface area (Å²) in [5, 5.41) is 2.84. The number of carbonyl (C=O) groups is 2. The van der Waals surface area contributed by atoms with E-state index >= 15 is 0 Å². The number of esters is 1. The molecule has 2 aromatic rings. The van der Waals surface area contributed by atoms with Gasteiger partial charge in [0.15, 0.2) is 18.1 Å². The highest BCUT2D eigenvalue weighted by Gasteiger charge is 2.29. The molecule has 2 rings (SSSR count). The minimum Gasteiger partial charge on any atom is -0.497 e. The quantitative estimate of drug-likeness (QED) is 0.451. The molecule has 0 fully saturated rings. The van der Waals surface area contributed by atoms with E-state index in [0.717, 1.165) is 0 Å². The molecule has 10 heteroatoms. The lowest BCUT2D eigenvalue weighted by Crippen LogP contribution is -2.30. The molecule has 0 saturated heterocycles. The van der Waals surface area contributed by atoms with Crippen LogP contribution >= 0.6 is 0 Å². The maximum atomic E-state index is 12.7. The van der Waals surface area contributed by atoms with E-state index in [9.17, 15) is 22.8 Å². The molecule has 1 unspecified atom stereocenters. The number of carbonyl (C=O) groups excluding carboxylic acids is 2. The van der Waals surface area contributed by atoms with Crippen molar-refractivity contribution in [3.05, 3.63) is 53.6 Å². The number of halogens is 3. The monoisotopic (exact) mass is 483 g/mol. The van der Waals surface area contributed by atoms with Crippen LogP contribution in [0.4, 0.5) is 13.2 Å². The lowest BCUT2D eigenvalue weighted by atomic mass is 10.0. The van der Waals surface area contributed by atoms with Crippen LogP contribution in [0.25, 0.3) is 0 Å². The van der Waals surface area contributed by atoms with E-state index in [-0.39, 0.29) is 36.9 Å². The number of hydrogen-bond acceptors (Lipinski definition) is 6. The van der Waals surface area contributed by atoms with Gasteiger partial charge in [-0.1, -0.05) is 18.2 Å².